The summed E-state index contributed by atoms with van der Waals surface area (Å²) in [6.07, 6.45) is 0. The molecule has 6 nitrogen and oxygen atoms in total. The molecule has 6 heteroatoms. The second-order valence-corrected chi connectivity index (χ2v) is 4.27. The van der Waals surface area contributed by atoms with Gasteiger partial charge >= 0.3 is 5.69 Å². The number of methoxy groups -OCH3 is 1. The van der Waals surface area contributed by atoms with Crippen LogP contribution in [0.25, 0.3) is 0 Å². The molecule has 0 spiro atoms. The van der Waals surface area contributed by atoms with E-state index < -0.39 is 4.92 Å². The predicted octanol–water partition coefficient (Wildman–Crippen LogP) is 2.92. The van der Waals surface area contributed by atoms with Crippen molar-refractivity contribution >= 4 is 11.4 Å². The van der Waals surface area contributed by atoms with Gasteiger partial charge in [0.25, 0.3) is 0 Å². The van der Waals surface area contributed by atoms with Crippen molar-refractivity contribution in [2.45, 2.75) is 13.5 Å². The van der Waals surface area contributed by atoms with Crippen LogP contribution in [0.3, 0.4) is 0 Å². The lowest BCUT2D eigenvalue weighted by molar-refractivity contribution is -0.385. The van der Waals surface area contributed by atoms with Gasteiger partial charge in [0, 0.05) is 23.5 Å². The topological polar surface area (TPSA) is 77.3 Å². The molecule has 0 radical (unpaired) electrons. The van der Waals surface area contributed by atoms with E-state index in [1.807, 2.05) is 25.1 Å². The number of pyridine rings is 1. The molecule has 1 aromatic heterocycles. The van der Waals surface area contributed by atoms with Crippen molar-refractivity contribution in [3.05, 3.63) is 57.9 Å². The highest BCUT2D eigenvalue weighted by Crippen LogP contribution is 2.29. The first-order valence-corrected chi connectivity index (χ1v) is 6.09. The molecule has 1 heterocycles. The van der Waals surface area contributed by atoms with Crippen molar-refractivity contribution in [1.82, 2.24) is 4.98 Å². The van der Waals surface area contributed by atoms with Gasteiger partial charge in [-0.05, 0) is 25.1 Å². The fraction of sp³-hybridized carbons (Fsp3) is 0.214. The molecule has 2 aromatic rings. The monoisotopic (exact) mass is 273 g/mol. The van der Waals surface area contributed by atoms with Crippen molar-refractivity contribution in [1.29, 1.82) is 0 Å². The Kier molecular flexibility index (Phi) is 4.14. The maximum atomic E-state index is 10.8. The fourth-order valence-corrected chi connectivity index (χ4v) is 1.83. The number of ether oxygens (including phenoxy) is 1. The first-order valence-electron chi connectivity index (χ1n) is 6.09. The van der Waals surface area contributed by atoms with Crippen LogP contribution in [-0.2, 0) is 6.54 Å². The third kappa shape index (κ3) is 3.23. The number of hydrogen-bond donors (Lipinski definition) is 1. The number of benzene rings is 1. The molecule has 0 aliphatic carbocycles. The van der Waals surface area contributed by atoms with Crippen molar-refractivity contribution in [2.24, 2.45) is 0 Å². The SMILES string of the molecule is COc1cc(NCc2cccc(C)n2)ccc1[N+](=O)[O-]. The summed E-state index contributed by atoms with van der Waals surface area (Å²) in [5, 5.41) is 14.0. The van der Waals surface area contributed by atoms with Crippen molar-refractivity contribution < 1.29 is 9.66 Å². The summed E-state index contributed by atoms with van der Waals surface area (Å²) in [6, 6.07) is 10.5. The zero-order valence-corrected chi connectivity index (χ0v) is 11.3. The van der Waals surface area contributed by atoms with Gasteiger partial charge in [-0.1, -0.05) is 6.07 Å². The van der Waals surface area contributed by atoms with Gasteiger partial charge in [0.05, 0.1) is 24.3 Å². The van der Waals surface area contributed by atoms with Gasteiger partial charge < -0.3 is 10.1 Å². The lowest BCUT2D eigenvalue weighted by Gasteiger charge is -2.08. The molecular formula is C14H15N3O3. The molecule has 20 heavy (non-hydrogen) atoms. The molecule has 1 N–H and O–H groups in total. The molecule has 0 saturated heterocycles. The van der Waals surface area contributed by atoms with Gasteiger partial charge in [-0.15, -0.1) is 0 Å². The normalized spacial score (nSPS) is 10.1. The van der Waals surface area contributed by atoms with Gasteiger partial charge in [-0.25, -0.2) is 0 Å². The summed E-state index contributed by atoms with van der Waals surface area (Å²) >= 11 is 0. The molecule has 2 rings (SSSR count). The zero-order valence-electron chi connectivity index (χ0n) is 11.3. The molecule has 0 saturated carbocycles. The predicted molar refractivity (Wildman–Crippen MR) is 75.9 cm³/mol. The van der Waals surface area contributed by atoms with Crippen LogP contribution in [0.2, 0.25) is 0 Å². The number of rotatable bonds is 5. The summed E-state index contributed by atoms with van der Waals surface area (Å²) in [4.78, 5) is 14.7. The minimum atomic E-state index is -0.468. The average molecular weight is 273 g/mol. The number of nitro groups is 1. The first-order chi connectivity index (χ1) is 9.60. The van der Waals surface area contributed by atoms with E-state index in [-0.39, 0.29) is 11.4 Å². The maximum absolute atomic E-state index is 10.8. The number of nitro benzene ring substituents is 1. The summed E-state index contributed by atoms with van der Waals surface area (Å²) in [5.41, 5.74) is 2.55. The Morgan fingerprint density at radius 3 is 2.80 bits per heavy atom. The third-order valence-corrected chi connectivity index (χ3v) is 2.80. The molecule has 104 valence electrons. The number of hydrogen-bond acceptors (Lipinski definition) is 5. The highest BCUT2D eigenvalue weighted by atomic mass is 16.6. The van der Waals surface area contributed by atoms with E-state index in [1.54, 1.807) is 12.1 Å². The van der Waals surface area contributed by atoms with Crippen molar-refractivity contribution in [3.63, 3.8) is 0 Å². The molecule has 0 fully saturated rings. The van der Waals surface area contributed by atoms with Gasteiger partial charge in [0.2, 0.25) is 0 Å². The minimum Gasteiger partial charge on any atom is -0.490 e. The second kappa shape index (κ2) is 6.01. The number of anilines is 1. The molecule has 0 unspecified atom stereocenters. The first kappa shape index (κ1) is 13.8. The van der Waals surface area contributed by atoms with E-state index in [0.717, 1.165) is 17.1 Å². The summed E-state index contributed by atoms with van der Waals surface area (Å²) in [6.45, 7) is 2.47. The van der Waals surface area contributed by atoms with Crippen LogP contribution < -0.4 is 10.1 Å². The molecular weight excluding hydrogens is 258 g/mol. The average Bonchev–Trinajstić information content (AvgIpc) is 2.44. The summed E-state index contributed by atoms with van der Waals surface area (Å²) in [5.74, 6) is 0.234. The van der Waals surface area contributed by atoms with Gasteiger partial charge in [0.1, 0.15) is 0 Å². The molecule has 1 aromatic carbocycles. The standard InChI is InChI=1S/C14H15N3O3/c1-10-4-3-5-12(16-10)9-15-11-6-7-13(17(18)19)14(8-11)20-2/h3-8,15H,9H2,1-2H3. The van der Waals surface area contributed by atoms with Crippen molar-refractivity contribution in [3.8, 4) is 5.75 Å². The van der Waals surface area contributed by atoms with Crippen LogP contribution in [0.15, 0.2) is 36.4 Å². The highest BCUT2D eigenvalue weighted by Gasteiger charge is 2.14. The van der Waals surface area contributed by atoms with E-state index >= 15 is 0 Å². The Balaban J connectivity index is 2.12. The lowest BCUT2D eigenvalue weighted by atomic mass is 10.2. The molecule has 0 aliphatic heterocycles. The third-order valence-electron chi connectivity index (χ3n) is 2.80. The molecule has 0 aliphatic rings. The Morgan fingerprint density at radius 1 is 1.35 bits per heavy atom. The van der Waals surface area contributed by atoms with Crippen LogP contribution in [0.1, 0.15) is 11.4 Å². The second-order valence-electron chi connectivity index (χ2n) is 4.27. The highest BCUT2D eigenvalue weighted by molar-refractivity contribution is 5.58. The van der Waals surface area contributed by atoms with Gasteiger partial charge in [-0.3, -0.25) is 15.1 Å². The number of aromatic nitrogens is 1. The van der Waals surface area contributed by atoms with Gasteiger partial charge in [-0.2, -0.15) is 0 Å². The van der Waals surface area contributed by atoms with E-state index in [1.165, 1.54) is 13.2 Å². The molecule has 0 amide bonds. The van der Waals surface area contributed by atoms with Crippen LogP contribution in [0, 0.1) is 17.0 Å². The van der Waals surface area contributed by atoms with Crippen LogP contribution in [0.5, 0.6) is 5.75 Å². The Morgan fingerprint density at radius 2 is 2.15 bits per heavy atom. The number of nitrogens with zero attached hydrogens (tertiary/aromatic N) is 2. The Labute approximate surface area is 116 Å². The van der Waals surface area contributed by atoms with Crippen molar-refractivity contribution in [2.75, 3.05) is 12.4 Å². The van der Waals surface area contributed by atoms with Crippen LogP contribution in [0.4, 0.5) is 11.4 Å². The largest absolute Gasteiger partial charge is 0.490 e. The Hall–Kier alpha value is -2.63. The molecule has 0 atom stereocenters. The zero-order chi connectivity index (χ0) is 14.5. The number of aryl methyl sites for hydroxylation is 1. The fourth-order valence-electron chi connectivity index (χ4n) is 1.83. The van der Waals surface area contributed by atoms with Gasteiger partial charge in [0.15, 0.2) is 5.75 Å². The molecule has 0 bridgehead atoms. The summed E-state index contributed by atoms with van der Waals surface area (Å²) in [7, 11) is 1.41. The smallest absolute Gasteiger partial charge is 0.311 e. The van der Waals surface area contributed by atoms with Crippen LogP contribution >= 0.6 is 0 Å². The van der Waals surface area contributed by atoms with Crippen LogP contribution in [-0.4, -0.2) is 17.0 Å². The minimum absolute atomic E-state index is 0.0493. The Bertz CT molecular complexity index is 629. The van der Waals surface area contributed by atoms with E-state index in [9.17, 15) is 10.1 Å². The van der Waals surface area contributed by atoms with E-state index in [2.05, 4.69) is 10.3 Å². The summed E-state index contributed by atoms with van der Waals surface area (Å²) < 4.78 is 5.02. The lowest BCUT2D eigenvalue weighted by Crippen LogP contribution is -2.03. The van der Waals surface area contributed by atoms with E-state index in [0.29, 0.717) is 6.54 Å². The number of nitrogens with one attached hydrogen (secondary N) is 1. The quantitative estimate of drug-likeness (QED) is 0.669. The maximum Gasteiger partial charge on any atom is 0.311 e. The van der Waals surface area contributed by atoms with E-state index in [4.69, 9.17) is 4.74 Å².